The van der Waals surface area contributed by atoms with Gasteiger partial charge < -0.3 is 10.4 Å². The first-order chi connectivity index (χ1) is 10.1. The monoisotopic (exact) mass is 287 g/mol. The number of nitrogens with one attached hydrogen (secondary N) is 1. The van der Waals surface area contributed by atoms with Crippen LogP contribution in [-0.2, 0) is 6.54 Å². The van der Waals surface area contributed by atoms with Gasteiger partial charge in [0.2, 0.25) is 0 Å². The van der Waals surface area contributed by atoms with Gasteiger partial charge in [-0.15, -0.1) is 0 Å². The normalized spacial score (nSPS) is 12.1. The number of hydrogen-bond acceptors (Lipinski definition) is 5. The van der Waals surface area contributed by atoms with Gasteiger partial charge >= 0.3 is 0 Å². The van der Waals surface area contributed by atoms with Crippen LogP contribution in [0.2, 0.25) is 0 Å². The fraction of sp³-hybridized carbons (Fsp3) is 0.267. The lowest BCUT2D eigenvalue weighted by molar-refractivity contribution is -0.384. The second-order valence-corrected chi connectivity index (χ2v) is 4.80. The van der Waals surface area contributed by atoms with Crippen LogP contribution in [0.3, 0.4) is 0 Å². The molecule has 2 rings (SSSR count). The minimum Gasteiger partial charge on any atom is -0.387 e. The molecule has 0 saturated carbocycles. The van der Waals surface area contributed by atoms with E-state index < -0.39 is 11.0 Å². The lowest BCUT2D eigenvalue weighted by atomic mass is 10.1. The Bertz CT molecular complexity index is 614. The Morgan fingerprint density at radius 2 is 2.05 bits per heavy atom. The molecule has 0 aliphatic carbocycles. The van der Waals surface area contributed by atoms with E-state index in [4.69, 9.17) is 0 Å². The highest BCUT2D eigenvalue weighted by Crippen LogP contribution is 2.17. The van der Waals surface area contributed by atoms with Crippen LogP contribution in [0.5, 0.6) is 0 Å². The topological polar surface area (TPSA) is 88.3 Å². The first kappa shape index (κ1) is 15.1. The zero-order valence-corrected chi connectivity index (χ0v) is 11.7. The van der Waals surface area contributed by atoms with Crippen LogP contribution in [0.25, 0.3) is 0 Å². The maximum Gasteiger partial charge on any atom is 0.269 e. The predicted octanol–water partition coefficient (Wildman–Crippen LogP) is 2.12. The molecular formula is C15H17N3O3. The number of pyridine rings is 1. The molecule has 1 heterocycles. The van der Waals surface area contributed by atoms with E-state index in [1.807, 2.05) is 13.0 Å². The SMILES string of the molecule is Cc1cnccc1CNCC(O)c1ccc([N+](=O)[O-])cc1. The molecule has 1 unspecified atom stereocenters. The molecule has 1 aromatic carbocycles. The van der Waals surface area contributed by atoms with Crippen molar-refractivity contribution in [3.05, 3.63) is 69.5 Å². The smallest absolute Gasteiger partial charge is 0.269 e. The molecule has 0 spiro atoms. The van der Waals surface area contributed by atoms with Gasteiger partial charge in [0.25, 0.3) is 5.69 Å². The summed E-state index contributed by atoms with van der Waals surface area (Å²) in [5.41, 5.74) is 2.89. The Balaban J connectivity index is 1.88. The Morgan fingerprint density at radius 1 is 1.33 bits per heavy atom. The van der Waals surface area contributed by atoms with E-state index in [0.29, 0.717) is 18.7 Å². The molecule has 1 atom stereocenters. The maximum absolute atomic E-state index is 10.6. The van der Waals surface area contributed by atoms with Gasteiger partial charge in [-0.2, -0.15) is 0 Å². The van der Waals surface area contributed by atoms with Gasteiger partial charge in [0.1, 0.15) is 0 Å². The average Bonchev–Trinajstić information content (AvgIpc) is 2.49. The molecule has 6 nitrogen and oxygen atoms in total. The Kier molecular flexibility index (Phi) is 4.97. The molecule has 21 heavy (non-hydrogen) atoms. The van der Waals surface area contributed by atoms with Crippen LogP contribution < -0.4 is 5.32 Å². The summed E-state index contributed by atoms with van der Waals surface area (Å²) in [6.07, 6.45) is 2.83. The van der Waals surface area contributed by atoms with Crippen LogP contribution in [-0.4, -0.2) is 21.6 Å². The van der Waals surface area contributed by atoms with Crippen molar-refractivity contribution in [3.8, 4) is 0 Å². The van der Waals surface area contributed by atoms with Gasteiger partial charge in [-0.3, -0.25) is 15.1 Å². The van der Waals surface area contributed by atoms with Gasteiger partial charge in [0.05, 0.1) is 11.0 Å². The second-order valence-electron chi connectivity index (χ2n) is 4.80. The largest absolute Gasteiger partial charge is 0.387 e. The number of aliphatic hydroxyl groups is 1. The van der Waals surface area contributed by atoms with Crippen molar-refractivity contribution in [2.45, 2.75) is 19.6 Å². The van der Waals surface area contributed by atoms with Gasteiger partial charge in [0.15, 0.2) is 0 Å². The summed E-state index contributed by atoms with van der Waals surface area (Å²) in [6, 6.07) is 7.86. The number of hydrogen-bond donors (Lipinski definition) is 2. The van der Waals surface area contributed by atoms with Crippen LogP contribution in [0, 0.1) is 17.0 Å². The van der Waals surface area contributed by atoms with Crippen molar-refractivity contribution >= 4 is 5.69 Å². The highest BCUT2D eigenvalue weighted by Gasteiger charge is 2.10. The van der Waals surface area contributed by atoms with Crippen molar-refractivity contribution in [1.82, 2.24) is 10.3 Å². The molecule has 110 valence electrons. The highest BCUT2D eigenvalue weighted by atomic mass is 16.6. The van der Waals surface area contributed by atoms with E-state index >= 15 is 0 Å². The Morgan fingerprint density at radius 3 is 2.67 bits per heavy atom. The molecule has 2 N–H and O–H groups in total. The minimum absolute atomic E-state index is 0.0197. The fourth-order valence-electron chi connectivity index (χ4n) is 1.98. The summed E-state index contributed by atoms with van der Waals surface area (Å²) in [4.78, 5) is 14.1. The molecule has 0 saturated heterocycles. The molecule has 0 radical (unpaired) electrons. The van der Waals surface area contributed by atoms with Crippen molar-refractivity contribution in [2.24, 2.45) is 0 Å². The number of rotatable bonds is 6. The average molecular weight is 287 g/mol. The molecule has 0 amide bonds. The third kappa shape index (κ3) is 4.08. The molecule has 6 heteroatoms. The summed E-state index contributed by atoms with van der Waals surface area (Å²) >= 11 is 0. The van der Waals surface area contributed by atoms with Crippen LogP contribution in [0.4, 0.5) is 5.69 Å². The van der Waals surface area contributed by atoms with Crippen molar-refractivity contribution < 1.29 is 10.0 Å². The number of nitro benzene ring substituents is 1. The summed E-state index contributed by atoms with van der Waals surface area (Å²) in [5.74, 6) is 0. The number of nitro groups is 1. The van der Waals surface area contributed by atoms with E-state index in [9.17, 15) is 15.2 Å². The van der Waals surface area contributed by atoms with Gasteiger partial charge in [0, 0.05) is 37.6 Å². The molecule has 0 aliphatic heterocycles. The van der Waals surface area contributed by atoms with Gasteiger partial charge in [-0.05, 0) is 41.8 Å². The predicted molar refractivity (Wildman–Crippen MR) is 78.7 cm³/mol. The molecule has 2 aromatic rings. The molecule has 0 bridgehead atoms. The van der Waals surface area contributed by atoms with Crippen molar-refractivity contribution in [3.63, 3.8) is 0 Å². The van der Waals surface area contributed by atoms with Crippen molar-refractivity contribution in [1.29, 1.82) is 0 Å². The number of nitrogens with zero attached hydrogens (tertiary/aromatic N) is 2. The van der Waals surface area contributed by atoms with E-state index in [-0.39, 0.29) is 5.69 Å². The van der Waals surface area contributed by atoms with E-state index in [2.05, 4.69) is 10.3 Å². The third-order valence-corrected chi connectivity index (χ3v) is 3.28. The molecule has 0 aliphatic rings. The number of non-ortho nitro benzene ring substituents is 1. The van der Waals surface area contributed by atoms with Gasteiger partial charge in [-0.25, -0.2) is 0 Å². The third-order valence-electron chi connectivity index (χ3n) is 3.28. The van der Waals surface area contributed by atoms with Crippen LogP contribution in [0.1, 0.15) is 22.8 Å². The summed E-state index contributed by atoms with van der Waals surface area (Å²) in [5, 5.41) is 23.8. The lowest BCUT2D eigenvalue weighted by Gasteiger charge is -2.13. The molecule has 1 aromatic heterocycles. The first-order valence-electron chi connectivity index (χ1n) is 6.60. The number of benzene rings is 1. The van der Waals surface area contributed by atoms with E-state index in [0.717, 1.165) is 11.1 Å². The minimum atomic E-state index is -0.701. The van der Waals surface area contributed by atoms with Crippen LogP contribution >= 0.6 is 0 Å². The lowest BCUT2D eigenvalue weighted by Crippen LogP contribution is -2.21. The molecule has 0 fully saturated rings. The second kappa shape index (κ2) is 6.92. The Hall–Kier alpha value is -2.31. The zero-order chi connectivity index (χ0) is 15.2. The highest BCUT2D eigenvalue weighted by molar-refractivity contribution is 5.33. The summed E-state index contributed by atoms with van der Waals surface area (Å²) in [6.45, 7) is 2.99. The van der Waals surface area contributed by atoms with Gasteiger partial charge in [-0.1, -0.05) is 0 Å². The zero-order valence-electron chi connectivity index (χ0n) is 11.7. The summed E-state index contributed by atoms with van der Waals surface area (Å²) in [7, 11) is 0. The maximum atomic E-state index is 10.6. The number of aliphatic hydroxyl groups excluding tert-OH is 1. The quantitative estimate of drug-likeness (QED) is 0.627. The van der Waals surface area contributed by atoms with Crippen LogP contribution in [0.15, 0.2) is 42.7 Å². The summed E-state index contributed by atoms with van der Waals surface area (Å²) < 4.78 is 0. The Labute approximate surface area is 122 Å². The fourth-order valence-corrected chi connectivity index (χ4v) is 1.98. The number of aromatic nitrogens is 1. The molecular weight excluding hydrogens is 270 g/mol. The number of aryl methyl sites for hydroxylation is 1. The first-order valence-corrected chi connectivity index (χ1v) is 6.60. The standard InChI is InChI=1S/C15H17N3O3/c1-11-8-16-7-6-13(11)9-17-10-15(19)12-2-4-14(5-3-12)18(20)21/h2-8,15,17,19H,9-10H2,1H3. The van der Waals surface area contributed by atoms with E-state index in [1.54, 1.807) is 24.5 Å². The van der Waals surface area contributed by atoms with Crippen molar-refractivity contribution in [2.75, 3.05) is 6.54 Å². The van der Waals surface area contributed by atoms with E-state index in [1.165, 1.54) is 12.1 Å².